The molecule has 2 fully saturated rings. The number of rotatable bonds is 13. The largest absolute Gasteiger partial charge is 0.351 e. The van der Waals surface area contributed by atoms with Gasteiger partial charge in [-0.25, -0.2) is 0 Å². The minimum atomic E-state index is -0.0355. The van der Waals surface area contributed by atoms with Crippen LogP contribution in [-0.2, 0) is 0 Å². The van der Waals surface area contributed by atoms with Crippen molar-refractivity contribution >= 4 is 44.9 Å². The summed E-state index contributed by atoms with van der Waals surface area (Å²) in [5, 5.41) is 2.42. The molecule has 0 saturated heterocycles. The van der Waals surface area contributed by atoms with Crippen LogP contribution in [0.25, 0.3) is 10.8 Å². The highest BCUT2D eigenvalue weighted by Gasteiger charge is 2.55. The van der Waals surface area contributed by atoms with Gasteiger partial charge in [-0.15, -0.1) is 0 Å². The minimum Gasteiger partial charge on any atom is -0.351 e. The van der Waals surface area contributed by atoms with E-state index in [1.165, 1.54) is 59.0 Å². The first-order chi connectivity index (χ1) is 33.8. The maximum atomic E-state index is 4.62. The van der Waals surface area contributed by atoms with Crippen molar-refractivity contribution in [3.05, 3.63) is 266 Å². The van der Waals surface area contributed by atoms with E-state index < -0.39 is 0 Å². The molecule has 2 saturated carbocycles. The lowest BCUT2D eigenvalue weighted by molar-refractivity contribution is 0.740. The molecule has 2 unspecified atom stereocenters. The number of hydrogen-bond acceptors (Lipinski definition) is 4. The summed E-state index contributed by atoms with van der Waals surface area (Å²) in [5.74, 6) is 1.54. The summed E-state index contributed by atoms with van der Waals surface area (Å²) < 4.78 is 0. The second-order valence-corrected chi connectivity index (χ2v) is 18.9. The molecule has 0 N–H and O–H groups in total. The number of allylic oxidation sites excluding steroid dienone is 9. The smallest absolute Gasteiger partial charge is 0.0700 e. The maximum absolute atomic E-state index is 4.62. The normalized spacial score (nSPS) is 20.1. The maximum Gasteiger partial charge on any atom is 0.0700 e. The molecule has 69 heavy (non-hydrogen) atoms. The third-order valence-electron chi connectivity index (χ3n) is 13.8. The Morgan fingerprint density at radius 3 is 2.13 bits per heavy atom. The van der Waals surface area contributed by atoms with Gasteiger partial charge in [0.05, 0.1) is 11.2 Å². The van der Waals surface area contributed by atoms with Gasteiger partial charge in [-0.2, -0.15) is 0 Å². The molecule has 1 aliphatic heterocycles. The molecule has 0 aromatic heterocycles. The molecule has 3 aliphatic carbocycles. The quantitative estimate of drug-likeness (QED) is 0.114. The van der Waals surface area contributed by atoms with E-state index in [9.17, 15) is 0 Å². The molecule has 0 amide bonds. The van der Waals surface area contributed by atoms with Crippen molar-refractivity contribution in [1.29, 1.82) is 0 Å². The Labute approximate surface area is 411 Å². The molecule has 6 aromatic rings. The van der Waals surface area contributed by atoms with Gasteiger partial charge in [0.15, 0.2) is 0 Å². The molecular formula is C65H66N4. The van der Waals surface area contributed by atoms with E-state index >= 15 is 0 Å². The zero-order valence-corrected chi connectivity index (χ0v) is 40.7. The predicted octanol–water partition coefficient (Wildman–Crippen LogP) is 17.0. The molecule has 0 bridgehead atoms. The van der Waals surface area contributed by atoms with Gasteiger partial charge in [0.25, 0.3) is 0 Å². The fraction of sp³-hybridized carbons (Fsp3) is 0.200. The van der Waals surface area contributed by atoms with E-state index in [4.69, 9.17) is 0 Å². The summed E-state index contributed by atoms with van der Waals surface area (Å²) in [5.41, 5.74) is 12.4. The van der Waals surface area contributed by atoms with Gasteiger partial charge in [0.2, 0.25) is 0 Å². The molecule has 0 radical (unpaired) electrons. The van der Waals surface area contributed by atoms with E-state index in [0.29, 0.717) is 12.5 Å². The van der Waals surface area contributed by atoms with Gasteiger partial charge < -0.3 is 19.6 Å². The number of benzene rings is 6. The molecule has 0 spiro atoms. The molecule has 6 aromatic carbocycles. The van der Waals surface area contributed by atoms with Crippen LogP contribution < -0.4 is 19.6 Å². The molecule has 4 nitrogen and oxygen atoms in total. The second-order valence-electron chi connectivity index (χ2n) is 18.9. The Bertz CT molecular complexity index is 2970. The SMILES string of the molecule is C=C1C/C=C\C=C/CN(c2ccc(N(c3ccccc3)c3cccc4ccccc34)cc2)/C(=C/C=C/N(c2cccc(C)c2)C23C=CC=CC2C3)C1=C.Cc1cccc(N(C)/C=C/CCC2CC2)c1. The number of anilines is 6. The molecule has 1 heterocycles. The van der Waals surface area contributed by atoms with Gasteiger partial charge in [0, 0.05) is 65.2 Å². The van der Waals surface area contributed by atoms with Crippen molar-refractivity contribution in [1.82, 2.24) is 0 Å². The van der Waals surface area contributed by atoms with E-state index in [1.807, 2.05) is 0 Å². The standard InChI is InChI=1S/C50H45N3.C15H21N/c1-38-18-15-25-46(36-38)52(50-33-13-12-22-42(50)37-50)35-17-28-48-40(3)39(2)19-7-4-5-14-34-51(48)43-29-31-45(32-30-43)53(44-23-8-6-9-24-44)49-27-16-21-41-20-10-11-26-47(41)49;1-13-6-5-8-15(12-13)16(2)11-4-3-7-14-9-10-14/h4-18,20-33,35-36,42H,2-3,19,34,37H2,1H3;4-6,8,11-12,14H,3,7,9-10H2,1-2H3/b7-4-,14-5-,35-17+,48-28+;11-4+. The summed E-state index contributed by atoms with van der Waals surface area (Å²) in [6.45, 7) is 14.1. The number of aryl methyl sites for hydroxylation is 2. The van der Waals surface area contributed by atoms with E-state index in [-0.39, 0.29) is 5.54 Å². The summed E-state index contributed by atoms with van der Waals surface area (Å²) in [6.07, 6.45) is 36.2. The fourth-order valence-electron chi connectivity index (χ4n) is 9.59. The lowest BCUT2D eigenvalue weighted by Gasteiger charge is -2.32. The molecule has 4 aliphatic rings. The van der Waals surface area contributed by atoms with Crippen LogP contribution in [-0.4, -0.2) is 19.1 Å². The number of fused-ring (bicyclic) bond motifs is 2. The first-order valence-electron chi connectivity index (χ1n) is 24.7. The fourth-order valence-corrected chi connectivity index (χ4v) is 9.59. The highest BCUT2D eigenvalue weighted by atomic mass is 15.2. The van der Waals surface area contributed by atoms with E-state index in [2.05, 4.69) is 278 Å². The Hall–Kier alpha value is -7.56. The third kappa shape index (κ3) is 11.3. The number of para-hydroxylation sites is 1. The summed E-state index contributed by atoms with van der Waals surface area (Å²) in [4.78, 5) is 9.34. The summed E-state index contributed by atoms with van der Waals surface area (Å²) in [6, 6.07) is 52.0. The third-order valence-corrected chi connectivity index (χ3v) is 13.8. The minimum absolute atomic E-state index is 0.0355. The van der Waals surface area contributed by atoms with Crippen LogP contribution in [0.15, 0.2) is 255 Å². The van der Waals surface area contributed by atoms with Crippen molar-refractivity contribution < 1.29 is 0 Å². The molecule has 10 rings (SSSR count). The van der Waals surface area contributed by atoms with Crippen molar-refractivity contribution in [3.8, 4) is 0 Å². The van der Waals surface area contributed by atoms with Crippen molar-refractivity contribution in [3.63, 3.8) is 0 Å². The van der Waals surface area contributed by atoms with E-state index in [1.54, 1.807) is 0 Å². The van der Waals surface area contributed by atoms with Gasteiger partial charge in [0.1, 0.15) is 0 Å². The van der Waals surface area contributed by atoms with Crippen molar-refractivity contribution in [2.75, 3.05) is 33.2 Å². The second kappa shape index (κ2) is 21.6. The van der Waals surface area contributed by atoms with Crippen LogP contribution in [0.4, 0.5) is 34.1 Å². The molecule has 2 atom stereocenters. The summed E-state index contributed by atoms with van der Waals surface area (Å²) >= 11 is 0. The molecular weight excluding hydrogens is 837 g/mol. The van der Waals surface area contributed by atoms with E-state index in [0.717, 1.165) is 58.4 Å². The first kappa shape index (κ1) is 46.5. The van der Waals surface area contributed by atoms with Crippen LogP contribution in [0.5, 0.6) is 0 Å². The lowest BCUT2D eigenvalue weighted by atomic mass is 10.00. The van der Waals surface area contributed by atoms with Gasteiger partial charge in [-0.1, -0.05) is 160 Å². The van der Waals surface area contributed by atoms with Crippen molar-refractivity contribution in [2.45, 2.75) is 57.9 Å². The van der Waals surface area contributed by atoms with Crippen LogP contribution in [0.1, 0.15) is 49.7 Å². The monoisotopic (exact) mass is 903 g/mol. The number of hydrogen-bond donors (Lipinski definition) is 0. The van der Waals surface area contributed by atoms with Gasteiger partial charge >= 0.3 is 0 Å². The zero-order valence-electron chi connectivity index (χ0n) is 40.7. The highest BCUT2D eigenvalue weighted by Crippen LogP contribution is 2.54. The average molecular weight is 903 g/mol. The first-order valence-corrected chi connectivity index (χ1v) is 24.7. The Balaban J connectivity index is 0.000000313. The lowest BCUT2D eigenvalue weighted by Crippen LogP contribution is -2.33. The molecule has 346 valence electrons. The average Bonchev–Trinajstić information content (AvgIpc) is 4.33. The Morgan fingerprint density at radius 1 is 0.681 bits per heavy atom. The van der Waals surface area contributed by atoms with Crippen molar-refractivity contribution in [2.24, 2.45) is 11.8 Å². The van der Waals surface area contributed by atoms with Crippen LogP contribution >= 0.6 is 0 Å². The highest BCUT2D eigenvalue weighted by molar-refractivity contribution is 5.99. The zero-order chi connectivity index (χ0) is 47.6. The van der Waals surface area contributed by atoms with Gasteiger partial charge in [-0.3, -0.25) is 0 Å². The number of nitrogens with zero attached hydrogens (tertiary/aromatic N) is 4. The van der Waals surface area contributed by atoms with Gasteiger partial charge in [-0.05, 0) is 158 Å². The summed E-state index contributed by atoms with van der Waals surface area (Å²) in [7, 11) is 2.11. The Kier molecular flexibility index (Phi) is 14.6. The van der Waals surface area contributed by atoms with Crippen LogP contribution in [0, 0.1) is 25.7 Å². The predicted molar refractivity (Wildman–Crippen MR) is 298 cm³/mol. The van der Waals surface area contributed by atoms with Crippen LogP contribution in [0.2, 0.25) is 0 Å². The topological polar surface area (TPSA) is 13.0 Å². The Morgan fingerprint density at radius 2 is 1.36 bits per heavy atom. The molecule has 4 heteroatoms. The van der Waals surface area contributed by atoms with Crippen LogP contribution in [0.3, 0.4) is 0 Å².